The fourth-order valence-electron chi connectivity index (χ4n) is 4.62. The number of hydrogen-bond acceptors (Lipinski definition) is 7. The minimum absolute atomic E-state index is 0.184. The van der Waals surface area contributed by atoms with Crippen LogP contribution in [-0.4, -0.2) is 71.5 Å². The van der Waals surface area contributed by atoms with Crippen molar-refractivity contribution in [2.45, 2.75) is 54.5 Å². The topological polar surface area (TPSA) is 99.8 Å². The highest BCUT2D eigenvalue weighted by Crippen LogP contribution is 2.25. The van der Waals surface area contributed by atoms with E-state index in [0.717, 1.165) is 41.7 Å². The SMILES string of the molecule is C#N.CC.CCOC(=O)N1CCN(Cc2cccc3cc(C(=O)N/C(=C/CCS)C(OCC)=C(C)C)n(C)c23)CC1. The van der Waals surface area contributed by atoms with Gasteiger partial charge in [-0.1, -0.05) is 38.1 Å². The summed E-state index contributed by atoms with van der Waals surface area (Å²) >= 11 is 4.32. The highest BCUT2D eigenvalue weighted by atomic mass is 32.1. The van der Waals surface area contributed by atoms with E-state index >= 15 is 0 Å². The van der Waals surface area contributed by atoms with Gasteiger partial charge in [0.1, 0.15) is 11.5 Å². The second-order valence-corrected chi connectivity index (χ2v) is 9.70. The first-order valence-corrected chi connectivity index (χ1v) is 14.8. The van der Waals surface area contributed by atoms with Gasteiger partial charge < -0.3 is 24.3 Å². The lowest BCUT2D eigenvalue weighted by atomic mass is 10.1. The van der Waals surface area contributed by atoms with Gasteiger partial charge in [0.25, 0.3) is 5.91 Å². The highest BCUT2D eigenvalue weighted by Gasteiger charge is 2.24. The molecule has 1 aromatic carbocycles. The van der Waals surface area contributed by atoms with Crippen LogP contribution in [0.3, 0.4) is 0 Å². The number of rotatable bonds is 10. The van der Waals surface area contributed by atoms with Crippen molar-refractivity contribution in [3.05, 3.63) is 58.6 Å². The monoisotopic (exact) mass is 585 g/mol. The van der Waals surface area contributed by atoms with Crippen LogP contribution in [0, 0.1) is 11.8 Å². The number of allylic oxidation sites excluding steroid dienone is 2. The molecule has 1 N–H and O–H groups in total. The summed E-state index contributed by atoms with van der Waals surface area (Å²) in [4.78, 5) is 29.6. The molecular weight excluding hydrogens is 538 g/mol. The minimum atomic E-state index is -0.245. The number of thiol groups is 1. The summed E-state index contributed by atoms with van der Waals surface area (Å²) in [7, 11) is 1.93. The number of para-hydroxylation sites is 1. The van der Waals surface area contributed by atoms with Gasteiger partial charge in [-0.3, -0.25) is 9.69 Å². The first kappa shape index (κ1) is 35.6. The van der Waals surface area contributed by atoms with Gasteiger partial charge in [-0.05, 0) is 57.1 Å². The van der Waals surface area contributed by atoms with Crippen molar-refractivity contribution < 1.29 is 19.1 Å². The molecule has 1 fully saturated rings. The van der Waals surface area contributed by atoms with Crippen LogP contribution in [0.15, 0.2) is 47.4 Å². The van der Waals surface area contributed by atoms with Crippen molar-refractivity contribution in [3.8, 4) is 6.57 Å². The number of carbonyl (C=O) groups excluding carboxylic acids is 2. The molecule has 0 aliphatic carbocycles. The van der Waals surface area contributed by atoms with E-state index in [0.29, 0.717) is 55.6 Å². The van der Waals surface area contributed by atoms with Crippen molar-refractivity contribution in [3.63, 3.8) is 0 Å². The van der Waals surface area contributed by atoms with E-state index in [2.05, 4.69) is 35.5 Å². The molecule has 226 valence electrons. The van der Waals surface area contributed by atoms with Crippen molar-refractivity contribution >= 4 is 35.5 Å². The normalized spacial score (nSPS) is 13.3. The van der Waals surface area contributed by atoms with Gasteiger partial charge >= 0.3 is 6.09 Å². The Morgan fingerprint density at radius 1 is 1.07 bits per heavy atom. The molecule has 1 saturated heterocycles. The van der Waals surface area contributed by atoms with E-state index in [1.165, 1.54) is 0 Å². The average Bonchev–Trinajstić information content (AvgIpc) is 3.33. The number of amides is 2. The van der Waals surface area contributed by atoms with Crippen LogP contribution < -0.4 is 5.32 Å². The summed E-state index contributed by atoms with van der Waals surface area (Å²) in [5.74, 6) is 1.18. The van der Waals surface area contributed by atoms with Crippen LogP contribution in [-0.2, 0) is 23.1 Å². The van der Waals surface area contributed by atoms with Crippen LogP contribution in [0.1, 0.15) is 64.0 Å². The van der Waals surface area contributed by atoms with Gasteiger partial charge in [0.15, 0.2) is 0 Å². The number of nitrogens with zero attached hydrogens (tertiary/aromatic N) is 4. The lowest BCUT2D eigenvalue weighted by Gasteiger charge is -2.34. The summed E-state index contributed by atoms with van der Waals surface area (Å²) in [5, 5.41) is 10.6. The molecule has 0 radical (unpaired) electrons. The van der Waals surface area contributed by atoms with Gasteiger partial charge in [0.05, 0.1) is 24.4 Å². The predicted molar refractivity (Wildman–Crippen MR) is 169 cm³/mol. The fraction of sp³-hybridized carbons (Fsp3) is 0.516. The predicted octanol–water partition coefficient (Wildman–Crippen LogP) is 5.88. The molecule has 0 spiro atoms. The average molecular weight is 586 g/mol. The smallest absolute Gasteiger partial charge is 0.409 e. The number of fused-ring (bicyclic) bond motifs is 1. The molecule has 2 heterocycles. The van der Waals surface area contributed by atoms with Crippen molar-refractivity contribution in [2.24, 2.45) is 7.05 Å². The Labute approximate surface area is 251 Å². The third-order valence-electron chi connectivity index (χ3n) is 6.38. The van der Waals surface area contributed by atoms with Crippen molar-refractivity contribution in [2.75, 3.05) is 45.1 Å². The zero-order valence-corrected chi connectivity index (χ0v) is 26.6. The van der Waals surface area contributed by atoms with E-state index < -0.39 is 0 Å². The quantitative estimate of drug-likeness (QED) is 0.205. The summed E-state index contributed by atoms with van der Waals surface area (Å²) < 4.78 is 13.0. The molecule has 0 bridgehead atoms. The number of benzene rings is 1. The molecule has 0 saturated carbocycles. The number of aryl methyl sites for hydroxylation is 1. The van der Waals surface area contributed by atoms with Crippen LogP contribution in [0.5, 0.6) is 0 Å². The van der Waals surface area contributed by atoms with E-state index in [4.69, 9.17) is 14.7 Å². The molecule has 10 heteroatoms. The zero-order valence-electron chi connectivity index (χ0n) is 25.7. The number of nitrogens with one attached hydrogen (secondary N) is 1. The molecule has 0 unspecified atom stereocenters. The first-order valence-electron chi connectivity index (χ1n) is 14.2. The van der Waals surface area contributed by atoms with Gasteiger partial charge in [0, 0.05) is 51.7 Å². The van der Waals surface area contributed by atoms with E-state index in [1.807, 2.05) is 77.4 Å². The molecular formula is C31H47N5O4S. The van der Waals surface area contributed by atoms with Crippen LogP contribution in [0.4, 0.5) is 4.79 Å². The summed E-state index contributed by atoms with van der Waals surface area (Å²) in [6, 6.07) is 8.11. The Balaban J connectivity index is 0.00000201. The lowest BCUT2D eigenvalue weighted by Crippen LogP contribution is -2.48. The minimum Gasteiger partial charge on any atom is -0.492 e. The fourth-order valence-corrected chi connectivity index (χ4v) is 4.75. The molecule has 2 aromatic rings. The van der Waals surface area contributed by atoms with Crippen molar-refractivity contribution in [1.82, 2.24) is 19.7 Å². The van der Waals surface area contributed by atoms with Crippen LogP contribution in [0.25, 0.3) is 10.9 Å². The third-order valence-corrected chi connectivity index (χ3v) is 6.64. The molecule has 41 heavy (non-hydrogen) atoms. The number of nitriles is 1. The molecule has 9 nitrogen and oxygen atoms in total. The van der Waals surface area contributed by atoms with Gasteiger partial charge in [-0.2, -0.15) is 12.6 Å². The highest BCUT2D eigenvalue weighted by molar-refractivity contribution is 7.80. The Kier molecular flexibility index (Phi) is 16.4. The third kappa shape index (κ3) is 9.87. The maximum absolute atomic E-state index is 13.5. The summed E-state index contributed by atoms with van der Waals surface area (Å²) in [5.41, 5.74) is 4.43. The summed E-state index contributed by atoms with van der Waals surface area (Å²) in [6.07, 6.45) is 2.43. The molecule has 0 atom stereocenters. The van der Waals surface area contributed by atoms with E-state index in [9.17, 15) is 9.59 Å². The Bertz CT molecular complexity index is 1210. The zero-order chi connectivity index (χ0) is 30.9. The number of aromatic nitrogens is 1. The Hall–Kier alpha value is -3.42. The van der Waals surface area contributed by atoms with Crippen LogP contribution >= 0.6 is 12.6 Å². The standard InChI is InChI=1S/C28H40N4O4S.C2H6.CHN/c1-6-35-26(20(3)4)23(12-9-17-37)29-27(33)24-18-21-10-8-11-22(25(21)30(24)5)19-31-13-15-32(16-14-31)28(34)36-7-2;2*1-2/h8,10-12,18,37H,6-7,9,13-17,19H2,1-5H3,(H,29,33);1-2H3;1H/b23-12+;;. The van der Waals surface area contributed by atoms with Gasteiger partial charge in [0.2, 0.25) is 0 Å². The van der Waals surface area contributed by atoms with E-state index in [1.54, 1.807) is 4.90 Å². The van der Waals surface area contributed by atoms with Crippen molar-refractivity contribution in [1.29, 1.82) is 5.26 Å². The number of carbonyl (C=O) groups is 2. The number of hydrogen-bond donors (Lipinski definition) is 2. The molecule has 1 aliphatic heterocycles. The van der Waals surface area contributed by atoms with Gasteiger partial charge in [-0.25, -0.2) is 10.1 Å². The largest absolute Gasteiger partial charge is 0.492 e. The second-order valence-electron chi connectivity index (χ2n) is 9.25. The number of piperazine rings is 1. The van der Waals surface area contributed by atoms with E-state index in [-0.39, 0.29) is 12.0 Å². The second kappa shape index (κ2) is 18.8. The maximum atomic E-state index is 13.5. The number of ether oxygens (including phenoxy) is 2. The molecule has 3 rings (SSSR count). The Morgan fingerprint density at radius 3 is 2.27 bits per heavy atom. The molecule has 1 aromatic heterocycles. The maximum Gasteiger partial charge on any atom is 0.409 e. The molecule has 1 aliphatic rings. The lowest BCUT2D eigenvalue weighted by molar-refractivity contribution is 0.0779. The van der Waals surface area contributed by atoms with Gasteiger partial charge in [-0.15, -0.1) is 0 Å². The Morgan fingerprint density at radius 2 is 1.71 bits per heavy atom. The molecule has 2 amide bonds. The van der Waals surface area contributed by atoms with Crippen LogP contribution in [0.2, 0.25) is 0 Å². The summed E-state index contributed by atoms with van der Waals surface area (Å²) in [6.45, 7) is 19.7. The first-order chi connectivity index (χ1) is 19.8.